The average Bonchev–Trinajstić information content (AvgIpc) is 3.09. The summed E-state index contributed by atoms with van der Waals surface area (Å²) in [5, 5.41) is 0. The Morgan fingerprint density at radius 1 is 1.47 bits per heavy atom. The number of benzene rings is 1. The van der Waals surface area contributed by atoms with Crippen molar-refractivity contribution in [2.24, 2.45) is 5.92 Å². The molecule has 1 aromatic rings. The molecule has 1 aromatic carbocycles. The molecule has 2 heteroatoms. The van der Waals surface area contributed by atoms with Gasteiger partial charge in [-0.2, -0.15) is 0 Å². The highest BCUT2D eigenvalue weighted by atomic mass is 16.5. The number of Topliss-reactive ketones (excluding diaryl/α,β-unsaturated/α-hetero) is 1. The van der Waals surface area contributed by atoms with Crippen LogP contribution in [0, 0.1) is 5.92 Å². The van der Waals surface area contributed by atoms with Gasteiger partial charge in [0.05, 0.1) is 6.61 Å². The Labute approximate surface area is 90.3 Å². The van der Waals surface area contributed by atoms with E-state index in [0.29, 0.717) is 6.61 Å². The lowest BCUT2D eigenvalue weighted by Crippen LogP contribution is -2.02. The second kappa shape index (κ2) is 4.47. The fourth-order valence-corrected chi connectivity index (χ4v) is 1.54. The maximum absolute atomic E-state index is 11.8. The number of carbonyl (C=O) groups is 1. The zero-order chi connectivity index (χ0) is 10.7. The van der Waals surface area contributed by atoms with Crippen LogP contribution in [0.4, 0.5) is 0 Å². The van der Waals surface area contributed by atoms with Gasteiger partial charge < -0.3 is 4.74 Å². The van der Waals surface area contributed by atoms with Crippen molar-refractivity contribution >= 4 is 5.78 Å². The van der Waals surface area contributed by atoms with E-state index in [0.717, 1.165) is 30.6 Å². The molecule has 0 aromatic heterocycles. The fourth-order valence-electron chi connectivity index (χ4n) is 1.54. The third-order valence-corrected chi connectivity index (χ3v) is 2.54. The van der Waals surface area contributed by atoms with Crippen molar-refractivity contribution in [3.05, 3.63) is 29.8 Å². The molecule has 2 rings (SSSR count). The first-order valence-electron chi connectivity index (χ1n) is 5.58. The van der Waals surface area contributed by atoms with Gasteiger partial charge in [0, 0.05) is 11.5 Å². The Hall–Kier alpha value is -1.31. The van der Waals surface area contributed by atoms with E-state index in [4.69, 9.17) is 4.74 Å². The minimum Gasteiger partial charge on any atom is -0.494 e. The highest BCUT2D eigenvalue weighted by molar-refractivity contribution is 5.99. The van der Waals surface area contributed by atoms with Gasteiger partial charge >= 0.3 is 0 Å². The Morgan fingerprint density at radius 2 is 2.27 bits per heavy atom. The van der Waals surface area contributed by atoms with Gasteiger partial charge in [0.1, 0.15) is 5.75 Å². The average molecular weight is 204 g/mol. The van der Waals surface area contributed by atoms with Crippen LogP contribution in [0.15, 0.2) is 24.3 Å². The van der Waals surface area contributed by atoms with E-state index < -0.39 is 0 Å². The first-order valence-corrected chi connectivity index (χ1v) is 5.58. The highest BCUT2D eigenvalue weighted by Gasteiger charge is 2.30. The molecule has 0 N–H and O–H groups in total. The number of hydrogen-bond acceptors (Lipinski definition) is 2. The lowest BCUT2D eigenvalue weighted by atomic mass is 10.1. The summed E-state index contributed by atoms with van der Waals surface area (Å²) in [6.45, 7) is 2.78. The van der Waals surface area contributed by atoms with E-state index in [1.54, 1.807) is 0 Å². The maximum atomic E-state index is 11.8. The third-order valence-electron chi connectivity index (χ3n) is 2.54. The van der Waals surface area contributed by atoms with Crippen molar-refractivity contribution in [1.29, 1.82) is 0 Å². The molecule has 1 saturated carbocycles. The molecular weight excluding hydrogens is 188 g/mol. The van der Waals surface area contributed by atoms with E-state index >= 15 is 0 Å². The standard InChI is InChI=1S/C13H16O2/c1-2-8-15-12-5-3-4-11(9-12)13(14)10-6-7-10/h3-5,9-10H,2,6-8H2,1H3. The highest BCUT2D eigenvalue weighted by Crippen LogP contribution is 2.33. The predicted octanol–water partition coefficient (Wildman–Crippen LogP) is 3.07. The van der Waals surface area contributed by atoms with E-state index in [2.05, 4.69) is 6.92 Å². The summed E-state index contributed by atoms with van der Waals surface area (Å²) in [4.78, 5) is 11.8. The number of ether oxygens (including phenoxy) is 1. The molecule has 0 spiro atoms. The molecule has 0 atom stereocenters. The van der Waals surface area contributed by atoms with Crippen LogP contribution in [0.2, 0.25) is 0 Å². The van der Waals surface area contributed by atoms with Crippen LogP contribution in [0.25, 0.3) is 0 Å². The number of ketones is 1. The van der Waals surface area contributed by atoms with Gasteiger partial charge in [-0.3, -0.25) is 4.79 Å². The maximum Gasteiger partial charge on any atom is 0.166 e. The van der Waals surface area contributed by atoms with Gasteiger partial charge in [-0.25, -0.2) is 0 Å². The lowest BCUT2D eigenvalue weighted by Gasteiger charge is -2.05. The van der Waals surface area contributed by atoms with Crippen molar-refractivity contribution in [1.82, 2.24) is 0 Å². The molecule has 2 nitrogen and oxygen atoms in total. The Morgan fingerprint density at radius 3 is 2.93 bits per heavy atom. The van der Waals surface area contributed by atoms with Crippen LogP contribution >= 0.6 is 0 Å². The predicted molar refractivity (Wildman–Crippen MR) is 59.3 cm³/mol. The molecule has 1 fully saturated rings. The molecule has 0 aliphatic heterocycles. The van der Waals surface area contributed by atoms with E-state index in [1.807, 2.05) is 24.3 Å². The quantitative estimate of drug-likeness (QED) is 0.689. The van der Waals surface area contributed by atoms with E-state index in [-0.39, 0.29) is 11.7 Å². The minimum atomic E-state index is 0.275. The smallest absolute Gasteiger partial charge is 0.166 e. The Kier molecular flexibility index (Phi) is 3.05. The normalized spacial score (nSPS) is 15.0. The van der Waals surface area contributed by atoms with Crippen LogP contribution < -0.4 is 4.74 Å². The monoisotopic (exact) mass is 204 g/mol. The molecule has 0 unspecified atom stereocenters. The lowest BCUT2D eigenvalue weighted by molar-refractivity contribution is 0.0967. The SMILES string of the molecule is CCCOc1cccc(C(=O)C2CC2)c1. The number of hydrogen-bond donors (Lipinski definition) is 0. The topological polar surface area (TPSA) is 26.3 Å². The molecule has 1 aliphatic rings. The van der Waals surface area contributed by atoms with Crippen molar-refractivity contribution in [2.45, 2.75) is 26.2 Å². The summed E-state index contributed by atoms with van der Waals surface area (Å²) in [7, 11) is 0. The van der Waals surface area contributed by atoms with Crippen LogP contribution in [0.1, 0.15) is 36.5 Å². The van der Waals surface area contributed by atoms with Gasteiger partial charge in [0.2, 0.25) is 0 Å². The van der Waals surface area contributed by atoms with Crippen LogP contribution in [-0.4, -0.2) is 12.4 Å². The molecule has 0 heterocycles. The van der Waals surface area contributed by atoms with Crippen LogP contribution in [-0.2, 0) is 0 Å². The van der Waals surface area contributed by atoms with E-state index in [9.17, 15) is 4.79 Å². The summed E-state index contributed by atoms with van der Waals surface area (Å²) in [5.41, 5.74) is 0.797. The van der Waals surface area contributed by atoms with E-state index in [1.165, 1.54) is 0 Å². The van der Waals surface area contributed by atoms with Gasteiger partial charge in [0.25, 0.3) is 0 Å². The summed E-state index contributed by atoms with van der Waals surface area (Å²) in [5.74, 6) is 1.37. The molecule has 0 saturated heterocycles. The van der Waals surface area contributed by atoms with Gasteiger partial charge in [-0.15, -0.1) is 0 Å². The molecule has 0 radical (unpaired) electrons. The second-order valence-corrected chi connectivity index (χ2v) is 4.01. The third kappa shape index (κ3) is 2.58. The first-order chi connectivity index (χ1) is 7.31. The largest absolute Gasteiger partial charge is 0.494 e. The zero-order valence-corrected chi connectivity index (χ0v) is 9.03. The van der Waals surface area contributed by atoms with Crippen molar-refractivity contribution in [3.8, 4) is 5.75 Å². The molecular formula is C13H16O2. The summed E-state index contributed by atoms with van der Waals surface area (Å²) in [6.07, 6.45) is 3.10. The Bertz CT molecular complexity index is 353. The van der Waals surface area contributed by atoms with Gasteiger partial charge in [0.15, 0.2) is 5.78 Å². The summed E-state index contributed by atoms with van der Waals surface area (Å²) in [6, 6.07) is 7.52. The van der Waals surface area contributed by atoms with Crippen LogP contribution in [0.3, 0.4) is 0 Å². The Balaban J connectivity index is 2.07. The molecule has 1 aliphatic carbocycles. The van der Waals surface area contributed by atoms with Gasteiger partial charge in [-0.05, 0) is 31.4 Å². The number of carbonyl (C=O) groups excluding carboxylic acids is 1. The molecule has 0 amide bonds. The summed E-state index contributed by atoms with van der Waals surface area (Å²) < 4.78 is 5.49. The first kappa shape index (κ1) is 10.2. The molecule has 15 heavy (non-hydrogen) atoms. The van der Waals surface area contributed by atoms with Crippen LogP contribution in [0.5, 0.6) is 5.75 Å². The van der Waals surface area contributed by atoms with Crippen molar-refractivity contribution < 1.29 is 9.53 Å². The van der Waals surface area contributed by atoms with Gasteiger partial charge in [-0.1, -0.05) is 19.1 Å². The summed E-state index contributed by atoms with van der Waals surface area (Å²) >= 11 is 0. The minimum absolute atomic E-state index is 0.275. The fraction of sp³-hybridized carbons (Fsp3) is 0.462. The van der Waals surface area contributed by atoms with Crippen molar-refractivity contribution in [3.63, 3.8) is 0 Å². The molecule has 0 bridgehead atoms. The number of rotatable bonds is 5. The second-order valence-electron chi connectivity index (χ2n) is 4.01. The van der Waals surface area contributed by atoms with Crippen molar-refractivity contribution in [2.75, 3.05) is 6.61 Å². The zero-order valence-electron chi connectivity index (χ0n) is 9.03. The molecule has 80 valence electrons.